The number of aliphatic hydroxyl groups is 2. The molecule has 0 aromatic carbocycles. The van der Waals surface area contributed by atoms with Gasteiger partial charge in [0.2, 0.25) is 5.91 Å². The molecule has 0 spiro atoms. The zero-order valence-electron chi connectivity index (χ0n) is 36.0. The van der Waals surface area contributed by atoms with Crippen molar-refractivity contribution < 1.29 is 24.5 Å². The molecule has 0 aliphatic carbocycles. The van der Waals surface area contributed by atoms with Crippen molar-refractivity contribution in [2.24, 2.45) is 0 Å². The molecule has 6 heteroatoms. The predicted molar refractivity (Wildman–Crippen MR) is 232 cm³/mol. The molecule has 3 N–H and O–H groups in total. The minimum absolute atomic E-state index is 0.0437. The van der Waals surface area contributed by atoms with Crippen LogP contribution in [0.4, 0.5) is 0 Å². The Balaban J connectivity index is 3.55. The second-order valence-corrected chi connectivity index (χ2v) is 16.1. The molecular weight excluding hydrogens is 671 g/mol. The van der Waals surface area contributed by atoms with Gasteiger partial charge in [0.15, 0.2) is 0 Å². The Morgan fingerprint density at radius 3 is 1.35 bits per heavy atom. The van der Waals surface area contributed by atoms with Gasteiger partial charge in [-0.1, -0.05) is 186 Å². The number of rotatable bonds is 43. The summed E-state index contributed by atoms with van der Waals surface area (Å²) in [6.45, 7) is 4.84. The van der Waals surface area contributed by atoms with Gasteiger partial charge in [0, 0.05) is 12.8 Å². The minimum Gasteiger partial charge on any atom is -0.466 e. The van der Waals surface area contributed by atoms with Crippen LogP contribution in [0.1, 0.15) is 245 Å². The van der Waals surface area contributed by atoms with E-state index in [-0.39, 0.29) is 18.5 Å². The monoisotopic (exact) mass is 762 g/mol. The van der Waals surface area contributed by atoms with E-state index in [1.807, 2.05) is 0 Å². The summed E-state index contributed by atoms with van der Waals surface area (Å²) in [6.07, 6.45) is 50.0. The van der Waals surface area contributed by atoms with E-state index >= 15 is 0 Å². The molecule has 0 rings (SSSR count). The van der Waals surface area contributed by atoms with Crippen LogP contribution < -0.4 is 5.32 Å². The summed E-state index contributed by atoms with van der Waals surface area (Å²) in [5.74, 6) is -0.141. The van der Waals surface area contributed by atoms with Gasteiger partial charge in [-0.25, -0.2) is 0 Å². The zero-order chi connectivity index (χ0) is 39.4. The molecule has 54 heavy (non-hydrogen) atoms. The fourth-order valence-corrected chi connectivity index (χ4v) is 7.05. The van der Waals surface area contributed by atoms with Crippen LogP contribution in [0.3, 0.4) is 0 Å². The average molecular weight is 762 g/mol. The van der Waals surface area contributed by atoms with Gasteiger partial charge >= 0.3 is 5.97 Å². The lowest BCUT2D eigenvalue weighted by Crippen LogP contribution is -2.45. The Labute approximate surface area is 335 Å². The molecule has 0 aliphatic rings. The van der Waals surface area contributed by atoms with Crippen molar-refractivity contribution in [2.45, 2.75) is 257 Å². The third-order valence-electron chi connectivity index (χ3n) is 10.7. The highest BCUT2D eigenvalue weighted by Gasteiger charge is 2.19. The largest absolute Gasteiger partial charge is 0.466 e. The maximum Gasteiger partial charge on any atom is 0.305 e. The molecule has 0 bridgehead atoms. The predicted octanol–water partition coefficient (Wildman–Crippen LogP) is 13.6. The molecule has 2 atom stereocenters. The number of aliphatic hydroxyl groups excluding tert-OH is 2. The second-order valence-electron chi connectivity index (χ2n) is 16.1. The third kappa shape index (κ3) is 40.0. The number of esters is 1. The molecule has 0 aromatic heterocycles. The van der Waals surface area contributed by atoms with Gasteiger partial charge in [0.25, 0.3) is 0 Å². The number of ether oxygens (including phenoxy) is 1. The topological polar surface area (TPSA) is 95.9 Å². The van der Waals surface area contributed by atoms with E-state index in [0.717, 1.165) is 70.6 Å². The smallest absolute Gasteiger partial charge is 0.305 e. The van der Waals surface area contributed by atoms with Crippen LogP contribution in [0, 0.1) is 0 Å². The van der Waals surface area contributed by atoms with E-state index in [9.17, 15) is 19.8 Å². The van der Waals surface area contributed by atoms with Crippen molar-refractivity contribution >= 4 is 11.9 Å². The highest BCUT2D eigenvalue weighted by molar-refractivity contribution is 5.76. The number of amides is 1. The minimum atomic E-state index is -0.694. The van der Waals surface area contributed by atoms with Crippen molar-refractivity contribution in [1.29, 1.82) is 0 Å². The van der Waals surface area contributed by atoms with Crippen molar-refractivity contribution in [1.82, 2.24) is 5.32 Å². The summed E-state index contributed by atoms with van der Waals surface area (Å²) in [5, 5.41) is 23.1. The fourth-order valence-electron chi connectivity index (χ4n) is 7.05. The first-order chi connectivity index (χ1) is 26.5. The normalized spacial score (nSPS) is 12.9. The molecule has 0 saturated carbocycles. The standard InChI is InChI=1S/C48H91NO5/c1-3-5-7-9-11-13-15-17-18-19-20-22-26-30-34-38-42-48(53)54-43-39-35-31-27-23-25-29-33-37-41-47(52)49-45(44-50)46(51)40-36-32-28-24-21-16-14-12-10-8-6-4-2/h18-19,25,29,45-46,50-51H,3-17,20-24,26-28,30-44H2,1-2H3,(H,49,52)/b19-18-,29-25-. The average Bonchev–Trinajstić information content (AvgIpc) is 3.17. The lowest BCUT2D eigenvalue weighted by Gasteiger charge is -2.22. The maximum absolute atomic E-state index is 12.4. The van der Waals surface area contributed by atoms with Gasteiger partial charge in [0.05, 0.1) is 25.4 Å². The number of nitrogens with one attached hydrogen (secondary N) is 1. The molecule has 2 unspecified atom stereocenters. The third-order valence-corrected chi connectivity index (χ3v) is 10.7. The van der Waals surface area contributed by atoms with E-state index in [1.54, 1.807) is 0 Å². The van der Waals surface area contributed by atoms with E-state index in [1.165, 1.54) is 141 Å². The molecule has 0 fully saturated rings. The van der Waals surface area contributed by atoms with E-state index in [2.05, 4.69) is 43.5 Å². The van der Waals surface area contributed by atoms with Crippen LogP contribution in [0.5, 0.6) is 0 Å². The van der Waals surface area contributed by atoms with E-state index in [0.29, 0.717) is 25.9 Å². The van der Waals surface area contributed by atoms with Crippen LogP contribution in [0.2, 0.25) is 0 Å². The molecule has 318 valence electrons. The SMILES string of the molecule is CCCCCCCCC/C=C\CCCCCCCC(=O)OCCCCCC/C=C\CCCC(=O)NC(CO)C(O)CCCCCCCCCCCCCC. The Kier molecular flexibility index (Phi) is 42.7. The van der Waals surface area contributed by atoms with E-state index in [4.69, 9.17) is 4.74 Å². The van der Waals surface area contributed by atoms with Gasteiger partial charge in [-0.2, -0.15) is 0 Å². The van der Waals surface area contributed by atoms with Crippen LogP contribution in [-0.4, -0.2) is 47.4 Å². The summed E-state index contributed by atoms with van der Waals surface area (Å²) < 4.78 is 5.43. The van der Waals surface area contributed by atoms with Crippen LogP contribution in [0.25, 0.3) is 0 Å². The van der Waals surface area contributed by atoms with Gasteiger partial charge in [0.1, 0.15) is 0 Å². The van der Waals surface area contributed by atoms with Crippen molar-refractivity contribution in [3.63, 3.8) is 0 Å². The number of carbonyl (C=O) groups excluding carboxylic acids is 2. The van der Waals surface area contributed by atoms with Crippen molar-refractivity contribution in [2.75, 3.05) is 13.2 Å². The van der Waals surface area contributed by atoms with E-state index < -0.39 is 12.1 Å². The maximum atomic E-state index is 12.4. The second kappa shape index (κ2) is 44.1. The molecule has 0 aliphatic heterocycles. The van der Waals surface area contributed by atoms with Gasteiger partial charge in [-0.15, -0.1) is 0 Å². The summed E-state index contributed by atoms with van der Waals surface area (Å²) in [5.41, 5.74) is 0. The van der Waals surface area contributed by atoms with Gasteiger partial charge in [-0.05, 0) is 70.6 Å². The lowest BCUT2D eigenvalue weighted by molar-refractivity contribution is -0.143. The first kappa shape index (κ1) is 52.3. The molecule has 0 saturated heterocycles. The zero-order valence-corrected chi connectivity index (χ0v) is 36.0. The van der Waals surface area contributed by atoms with Gasteiger partial charge in [-0.3, -0.25) is 9.59 Å². The quantitative estimate of drug-likeness (QED) is 0.0327. The van der Waals surface area contributed by atoms with Crippen molar-refractivity contribution in [3.05, 3.63) is 24.3 Å². The lowest BCUT2D eigenvalue weighted by atomic mass is 10.0. The molecule has 0 heterocycles. The molecule has 6 nitrogen and oxygen atoms in total. The molecular formula is C48H91NO5. The van der Waals surface area contributed by atoms with Crippen LogP contribution >= 0.6 is 0 Å². The number of hydrogen-bond donors (Lipinski definition) is 3. The highest BCUT2D eigenvalue weighted by atomic mass is 16.5. The number of carbonyl (C=O) groups is 2. The highest BCUT2D eigenvalue weighted by Crippen LogP contribution is 2.15. The molecule has 1 amide bonds. The number of unbranched alkanes of at least 4 members (excludes halogenated alkanes) is 28. The summed E-state index contributed by atoms with van der Waals surface area (Å²) in [6, 6.07) is -0.578. The fraction of sp³-hybridized carbons (Fsp3) is 0.875. The molecule has 0 radical (unpaired) electrons. The molecule has 0 aromatic rings. The first-order valence-electron chi connectivity index (χ1n) is 23.6. The van der Waals surface area contributed by atoms with Crippen LogP contribution in [-0.2, 0) is 14.3 Å². The summed E-state index contributed by atoms with van der Waals surface area (Å²) in [4.78, 5) is 24.4. The van der Waals surface area contributed by atoms with Crippen LogP contribution in [0.15, 0.2) is 24.3 Å². The Morgan fingerprint density at radius 1 is 0.500 bits per heavy atom. The summed E-state index contributed by atoms with van der Waals surface area (Å²) in [7, 11) is 0. The Bertz CT molecular complexity index is 843. The van der Waals surface area contributed by atoms with Gasteiger partial charge < -0.3 is 20.3 Å². The summed E-state index contributed by atoms with van der Waals surface area (Å²) >= 11 is 0. The van der Waals surface area contributed by atoms with Crippen molar-refractivity contribution in [3.8, 4) is 0 Å². The Morgan fingerprint density at radius 2 is 0.889 bits per heavy atom. The Hall–Kier alpha value is -1.66. The number of hydrogen-bond acceptors (Lipinski definition) is 5. The number of allylic oxidation sites excluding steroid dienone is 4. The first-order valence-corrected chi connectivity index (χ1v) is 23.6.